The molecule has 26 heavy (non-hydrogen) atoms. The normalized spacial score (nSPS) is 18.0. The Bertz CT molecular complexity index is 783. The van der Waals surface area contributed by atoms with Gasteiger partial charge in [0.15, 0.2) is 0 Å². The quantitative estimate of drug-likeness (QED) is 0.852. The molecule has 0 radical (unpaired) electrons. The predicted octanol–water partition coefficient (Wildman–Crippen LogP) is 1.93. The molecule has 3 rings (SSSR count). The van der Waals surface area contributed by atoms with Crippen molar-refractivity contribution in [3.8, 4) is 0 Å². The third kappa shape index (κ3) is 4.88. The molecule has 1 saturated heterocycles. The lowest BCUT2D eigenvalue weighted by Gasteiger charge is -2.35. The van der Waals surface area contributed by atoms with E-state index in [0.29, 0.717) is 18.5 Å². The van der Waals surface area contributed by atoms with Crippen molar-refractivity contribution in [3.05, 3.63) is 45.6 Å². The first-order chi connectivity index (χ1) is 12.5. The Labute approximate surface area is 154 Å². The molecule has 1 N–H and O–H groups in total. The van der Waals surface area contributed by atoms with Crippen LogP contribution in [0.3, 0.4) is 0 Å². The van der Waals surface area contributed by atoms with Crippen LogP contribution in [0.25, 0.3) is 0 Å². The monoisotopic (exact) mass is 356 g/mol. The maximum absolute atomic E-state index is 12.0. The minimum atomic E-state index is -0.0362. The molecule has 2 aromatic heterocycles. The number of hydrogen-bond donors (Lipinski definition) is 1. The molecule has 0 bridgehead atoms. The average molecular weight is 356 g/mol. The Morgan fingerprint density at radius 2 is 1.85 bits per heavy atom. The van der Waals surface area contributed by atoms with Crippen LogP contribution in [0, 0.1) is 20.8 Å². The third-order valence-corrected chi connectivity index (χ3v) is 4.83. The van der Waals surface area contributed by atoms with Gasteiger partial charge in [-0.05, 0) is 52.3 Å². The van der Waals surface area contributed by atoms with Gasteiger partial charge in [0.2, 0.25) is 5.95 Å². The van der Waals surface area contributed by atoms with Crippen molar-refractivity contribution in [1.82, 2.24) is 24.6 Å². The summed E-state index contributed by atoms with van der Waals surface area (Å²) in [6, 6.07) is 5.75. The van der Waals surface area contributed by atoms with Crippen LogP contribution in [-0.4, -0.2) is 50.3 Å². The fraction of sp³-hybridized carbons (Fsp3) is 0.579. The van der Waals surface area contributed by atoms with Crippen LogP contribution < -0.4 is 10.9 Å². The minimum Gasteiger partial charge on any atom is -0.353 e. The van der Waals surface area contributed by atoms with Crippen molar-refractivity contribution in [2.45, 2.75) is 52.6 Å². The number of likely N-dealkylation sites (tertiary alicyclic amines) is 1. The van der Waals surface area contributed by atoms with Gasteiger partial charge >= 0.3 is 0 Å². The zero-order chi connectivity index (χ0) is 18.5. The number of hydrogen-bond acceptors (Lipinski definition) is 6. The van der Waals surface area contributed by atoms with E-state index >= 15 is 0 Å². The second kappa shape index (κ2) is 8.40. The summed E-state index contributed by atoms with van der Waals surface area (Å²) in [4.78, 5) is 23.3. The van der Waals surface area contributed by atoms with Crippen molar-refractivity contribution < 1.29 is 0 Å². The fourth-order valence-corrected chi connectivity index (χ4v) is 3.53. The van der Waals surface area contributed by atoms with Crippen LogP contribution in [0.15, 0.2) is 23.0 Å². The van der Waals surface area contributed by atoms with E-state index in [0.717, 1.165) is 43.1 Å². The first kappa shape index (κ1) is 18.5. The molecule has 1 fully saturated rings. The summed E-state index contributed by atoms with van der Waals surface area (Å²) >= 11 is 0. The van der Waals surface area contributed by atoms with Crippen molar-refractivity contribution >= 4 is 5.95 Å². The van der Waals surface area contributed by atoms with Crippen molar-refractivity contribution in [3.63, 3.8) is 0 Å². The number of rotatable bonds is 6. The van der Waals surface area contributed by atoms with Crippen LogP contribution in [-0.2, 0) is 6.54 Å². The van der Waals surface area contributed by atoms with E-state index in [1.807, 2.05) is 26.8 Å². The number of anilines is 1. The van der Waals surface area contributed by atoms with Gasteiger partial charge in [-0.1, -0.05) is 6.42 Å². The molecule has 7 nitrogen and oxygen atoms in total. The highest BCUT2D eigenvalue weighted by Crippen LogP contribution is 2.17. The molecule has 0 aromatic carbocycles. The molecule has 0 amide bonds. The van der Waals surface area contributed by atoms with E-state index in [4.69, 9.17) is 0 Å². The summed E-state index contributed by atoms with van der Waals surface area (Å²) in [6.07, 6.45) is 3.58. The highest BCUT2D eigenvalue weighted by Gasteiger charge is 2.22. The van der Waals surface area contributed by atoms with Crippen molar-refractivity contribution in [2.24, 2.45) is 0 Å². The standard InChI is InChI=1S/C19H28N6O/c1-14-7-8-18(26)25(23-14)11-10-24-9-5-4-6-17(24)13-20-19-21-15(2)12-16(3)22-19/h7-8,12,17H,4-6,9-11,13H2,1-3H3,(H,20,21,22). The predicted molar refractivity (Wildman–Crippen MR) is 102 cm³/mol. The average Bonchev–Trinajstić information content (AvgIpc) is 2.60. The van der Waals surface area contributed by atoms with E-state index in [1.54, 1.807) is 16.8 Å². The van der Waals surface area contributed by atoms with Crippen LogP contribution in [0.1, 0.15) is 36.3 Å². The smallest absolute Gasteiger partial charge is 0.266 e. The van der Waals surface area contributed by atoms with Gasteiger partial charge in [-0.25, -0.2) is 14.6 Å². The van der Waals surface area contributed by atoms with Crippen LogP contribution in [0.4, 0.5) is 5.95 Å². The van der Waals surface area contributed by atoms with Gasteiger partial charge in [0.05, 0.1) is 12.2 Å². The number of piperidine rings is 1. The molecule has 140 valence electrons. The van der Waals surface area contributed by atoms with E-state index in [-0.39, 0.29) is 5.56 Å². The summed E-state index contributed by atoms with van der Waals surface area (Å²) in [5, 5.41) is 7.73. The van der Waals surface area contributed by atoms with Gasteiger partial charge in [-0.15, -0.1) is 0 Å². The van der Waals surface area contributed by atoms with Crippen molar-refractivity contribution in [2.75, 3.05) is 25.0 Å². The topological polar surface area (TPSA) is 75.9 Å². The van der Waals surface area contributed by atoms with E-state index < -0.39 is 0 Å². The minimum absolute atomic E-state index is 0.0362. The largest absolute Gasteiger partial charge is 0.353 e. The summed E-state index contributed by atoms with van der Waals surface area (Å²) in [5.41, 5.74) is 2.79. The van der Waals surface area contributed by atoms with Crippen LogP contribution >= 0.6 is 0 Å². The number of nitrogens with zero attached hydrogens (tertiary/aromatic N) is 5. The van der Waals surface area contributed by atoms with Crippen molar-refractivity contribution in [1.29, 1.82) is 0 Å². The molecule has 3 heterocycles. The van der Waals surface area contributed by atoms with Gasteiger partial charge in [-0.3, -0.25) is 9.69 Å². The Morgan fingerprint density at radius 3 is 2.62 bits per heavy atom. The molecule has 1 atom stereocenters. The van der Waals surface area contributed by atoms with Gasteiger partial charge in [0.1, 0.15) is 0 Å². The summed E-state index contributed by atoms with van der Waals surface area (Å²) in [6.45, 7) is 9.21. The summed E-state index contributed by atoms with van der Waals surface area (Å²) in [7, 11) is 0. The Kier molecular flexibility index (Phi) is 5.98. The van der Waals surface area contributed by atoms with Gasteiger partial charge in [0, 0.05) is 36.6 Å². The SMILES string of the molecule is Cc1cc(C)nc(NCC2CCCCN2CCn2nc(C)ccc2=O)n1. The summed E-state index contributed by atoms with van der Waals surface area (Å²) in [5.74, 6) is 0.699. The maximum atomic E-state index is 12.0. The number of aromatic nitrogens is 4. The van der Waals surface area contributed by atoms with Crippen LogP contribution in [0.2, 0.25) is 0 Å². The zero-order valence-corrected chi connectivity index (χ0v) is 15.9. The second-order valence-corrected chi connectivity index (χ2v) is 7.08. The molecule has 1 aliphatic rings. The van der Waals surface area contributed by atoms with E-state index in [2.05, 4.69) is 25.3 Å². The molecule has 1 aliphatic heterocycles. The molecular weight excluding hydrogens is 328 g/mol. The lowest BCUT2D eigenvalue weighted by molar-refractivity contribution is 0.147. The Hall–Kier alpha value is -2.28. The number of aryl methyl sites for hydroxylation is 3. The lowest BCUT2D eigenvalue weighted by Crippen LogP contribution is -2.45. The third-order valence-electron chi connectivity index (χ3n) is 4.83. The number of nitrogens with one attached hydrogen (secondary N) is 1. The second-order valence-electron chi connectivity index (χ2n) is 7.08. The summed E-state index contributed by atoms with van der Waals surface area (Å²) < 4.78 is 1.57. The van der Waals surface area contributed by atoms with Crippen LogP contribution in [0.5, 0.6) is 0 Å². The molecule has 0 saturated carbocycles. The molecule has 1 unspecified atom stereocenters. The molecule has 0 aliphatic carbocycles. The highest BCUT2D eigenvalue weighted by atomic mass is 16.1. The molecule has 0 spiro atoms. The lowest BCUT2D eigenvalue weighted by atomic mass is 10.0. The van der Waals surface area contributed by atoms with E-state index in [9.17, 15) is 4.79 Å². The van der Waals surface area contributed by atoms with Gasteiger partial charge < -0.3 is 5.32 Å². The van der Waals surface area contributed by atoms with Gasteiger partial charge in [-0.2, -0.15) is 5.10 Å². The van der Waals surface area contributed by atoms with E-state index in [1.165, 1.54) is 12.8 Å². The fourth-order valence-electron chi connectivity index (χ4n) is 3.53. The first-order valence-corrected chi connectivity index (χ1v) is 9.36. The first-order valence-electron chi connectivity index (χ1n) is 9.36. The zero-order valence-electron chi connectivity index (χ0n) is 15.9. The molecular formula is C19H28N6O. The molecule has 2 aromatic rings. The highest BCUT2D eigenvalue weighted by molar-refractivity contribution is 5.27. The Balaban J connectivity index is 1.60. The molecule has 7 heteroatoms. The maximum Gasteiger partial charge on any atom is 0.266 e. The Morgan fingerprint density at radius 1 is 1.08 bits per heavy atom. The van der Waals surface area contributed by atoms with Gasteiger partial charge in [0.25, 0.3) is 5.56 Å².